The number of carbonyl (C=O) groups is 1. The minimum absolute atomic E-state index is 0.384. The molecular weight excluding hydrogens is 208 g/mol. The molecule has 2 aliphatic rings. The molecule has 98 valence electrons. The smallest absolute Gasteiger partial charge is 0.123 e. The molecule has 3 unspecified atom stereocenters. The normalized spacial score (nSPS) is 43.3. The summed E-state index contributed by atoms with van der Waals surface area (Å²) < 4.78 is 0. The molecule has 0 bridgehead atoms. The van der Waals surface area contributed by atoms with E-state index in [-0.39, 0.29) is 0 Å². The van der Waals surface area contributed by atoms with Gasteiger partial charge in [-0.25, -0.2) is 0 Å². The van der Waals surface area contributed by atoms with Gasteiger partial charge >= 0.3 is 0 Å². The largest absolute Gasteiger partial charge is 0.303 e. The van der Waals surface area contributed by atoms with Crippen molar-refractivity contribution in [1.82, 2.24) is 0 Å². The van der Waals surface area contributed by atoms with Crippen LogP contribution >= 0.6 is 0 Å². The zero-order chi connectivity index (χ0) is 12.3. The molecule has 3 atom stereocenters. The Bertz CT molecular complexity index is 240. The van der Waals surface area contributed by atoms with Crippen molar-refractivity contribution in [2.45, 2.75) is 65.2 Å². The Balaban J connectivity index is 1.76. The summed E-state index contributed by atoms with van der Waals surface area (Å²) in [6.45, 7) is 4.86. The Hall–Kier alpha value is -0.330. The maximum Gasteiger partial charge on any atom is 0.123 e. The third-order valence-corrected chi connectivity index (χ3v) is 5.33. The molecule has 2 aliphatic carbocycles. The first kappa shape index (κ1) is 13.1. The van der Waals surface area contributed by atoms with Crippen LogP contribution in [0.2, 0.25) is 0 Å². The molecule has 0 heterocycles. The predicted octanol–water partition coefficient (Wildman–Crippen LogP) is 4.45. The number of aldehydes is 1. The first-order chi connectivity index (χ1) is 8.19. The van der Waals surface area contributed by atoms with E-state index in [1.54, 1.807) is 0 Å². The van der Waals surface area contributed by atoms with E-state index in [2.05, 4.69) is 13.8 Å². The van der Waals surface area contributed by atoms with Crippen LogP contribution < -0.4 is 0 Å². The van der Waals surface area contributed by atoms with E-state index in [0.29, 0.717) is 5.92 Å². The predicted molar refractivity (Wildman–Crippen MR) is 71.8 cm³/mol. The van der Waals surface area contributed by atoms with Crippen molar-refractivity contribution in [2.75, 3.05) is 0 Å². The Morgan fingerprint density at radius 2 is 1.71 bits per heavy atom. The summed E-state index contributed by atoms with van der Waals surface area (Å²) >= 11 is 0. The van der Waals surface area contributed by atoms with Crippen molar-refractivity contribution in [3.05, 3.63) is 0 Å². The molecule has 2 fully saturated rings. The Morgan fingerprint density at radius 1 is 1.00 bits per heavy atom. The van der Waals surface area contributed by atoms with Crippen LogP contribution in [0.5, 0.6) is 0 Å². The molecule has 2 saturated carbocycles. The fourth-order valence-electron chi connectivity index (χ4n) is 4.07. The highest BCUT2D eigenvalue weighted by molar-refractivity contribution is 5.53. The Kier molecular flexibility index (Phi) is 4.64. The third kappa shape index (κ3) is 3.56. The lowest BCUT2D eigenvalue weighted by atomic mass is 9.69. The van der Waals surface area contributed by atoms with Crippen LogP contribution in [0, 0.1) is 29.6 Å². The van der Waals surface area contributed by atoms with Crippen LogP contribution in [0.15, 0.2) is 0 Å². The van der Waals surface area contributed by atoms with Crippen molar-refractivity contribution < 1.29 is 4.79 Å². The molecule has 0 N–H and O–H groups in total. The topological polar surface area (TPSA) is 17.1 Å². The van der Waals surface area contributed by atoms with E-state index in [1.807, 2.05) is 0 Å². The molecule has 1 heteroatoms. The van der Waals surface area contributed by atoms with Gasteiger partial charge in [-0.1, -0.05) is 20.3 Å². The first-order valence-electron chi connectivity index (χ1n) is 7.64. The zero-order valence-corrected chi connectivity index (χ0v) is 11.5. The third-order valence-electron chi connectivity index (χ3n) is 5.33. The molecule has 0 aromatic carbocycles. The average Bonchev–Trinajstić information content (AvgIpc) is 2.34. The highest BCUT2D eigenvalue weighted by Gasteiger charge is 2.29. The monoisotopic (exact) mass is 236 g/mol. The van der Waals surface area contributed by atoms with E-state index in [9.17, 15) is 4.79 Å². The highest BCUT2D eigenvalue weighted by Crippen LogP contribution is 2.40. The fourth-order valence-corrected chi connectivity index (χ4v) is 4.07. The second kappa shape index (κ2) is 6.02. The van der Waals surface area contributed by atoms with Gasteiger partial charge in [0.05, 0.1) is 0 Å². The SMILES string of the molecule is CC1CCC(CC2CCC(C=O)CC2)C(C)C1. The van der Waals surface area contributed by atoms with Gasteiger partial charge in [0, 0.05) is 5.92 Å². The molecule has 0 aromatic heterocycles. The second-order valence-electron chi connectivity index (χ2n) is 6.81. The number of hydrogen-bond donors (Lipinski definition) is 0. The van der Waals surface area contributed by atoms with Crippen LogP contribution in [-0.2, 0) is 4.79 Å². The van der Waals surface area contributed by atoms with E-state index in [4.69, 9.17) is 0 Å². The lowest BCUT2D eigenvalue weighted by Gasteiger charge is -2.36. The van der Waals surface area contributed by atoms with Crippen molar-refractivity contribution in [3.8, 4) is 0 Å². The van der Waals surface area contributed by atoms with Gasteiger partial charge in [-0.05, 0) is 68.6 Å². The van der Waals surface area contributed by atoms with Crippen molar-refractivity contribution in [2.24, 2.45) is 29.6 Å². The molecule has 0 saturated heterocycles. The van der Waals surface area contributed by atoms with E-state index in [1.165, 1.54) is 44.8 Å². The lowest BCUT2D eigenvalue weighted by Crippen LogP contribution is -2.25. The minimum Gasteiger partial charge on any atom is -0.303 e. The standard InChI is InChI=1S/C16H28O/c1-12-3-8-16(13(2)9-12)10-14-4-6-15(11-17)7-5-14/h11-16H,3-10H2,1-2H3. The molecule has 0 amide bonds. The van der Waals surface area contributed by atoms with Crippen molar-refractivity contribution in [3.63, 3.8) is 0 Å². The summed E-state index contributed by atoms with van der Waals surface area (Å²) in [5, 5.41) is 0. The van der Waals surface area contributed by atoms with Crippen LogP contribution in [0.1, 0.15) is 65.2 Å². The van der Waals surface area contributed by atoms with Gasteiger partial charge in [-0.2, -0.15) is 0 Å². The molecule has 0 radical (unpaired) electrons. The Labute approximate surface area is 106 Å². The summed E-state index contributed by atoms with van der Waals surface area (Å²) in [6.07, 6.45) is 11.9. The summed E-state index contributed by atoms with van der Waals surface area (Å²) in [5.41, 5.74) is 0. The van der Waals surface area contributed by atoms with Gasteiger partial charge in [0.2, 0.25) is 0 Å². The molecule has 0 spiro atoms. The summed E-state index contributed by atoms with van der Waals surface area (Å²) in [4.78, 5) is 10.7. The van der Waals surface area contributed by atoms with Gasteiger partial charge < -0.3 is 4.79 Å². The molecule has 0 aliphatic heterocycles. The van der Waals surface area contributed by atoms with Crippen LogP contribution in [-0.4, -0.2) is 6.29 Å². The van der Waals surface area contributed by atoms with Gasteiger partial charge in [0.15, 0.2) is 0 Å². The first-order valence-corrected chi connectivity index (χ1v) is 7.64. The van der Waals surface area contributed by atoms with Gasteiger partial charge in [0.1, 0.15) is 6.29 Å². The highest BCUT2D eigenvalue weighted by atomic mass is 16.1. The molecule has 17 heavy (non-hydrogen) atoms. The quantitative estimate of drug-likeness (QED) is 0.661. The maximum absolute atomic E-state index is 10.7. The summed E-state index contributed by atoms with van der Waals surface area (Å²) in [7, 11) is 0. The van der Waals surface area contributed by atoms with Gasteiger partial charge in [-0.3, -0.25) is 0 Å². The van der Waals surface area contributed by atoms with Crippen LogP contribution in [0.3, 0.4) is 0 Å². The fraction of sp³-hybridized carbons (Fsp3) is 0.938. The Morgan fingerprint density at radius 3 is 2.29 bits per heavy atom. The van der Waals surface area contributed by atoms with E-state index >= 15 is 0 Å². The zero-order valence-electron chi connectivity index (χ0n) is 11.5. The molecule has 0 aromatic rings. The van der Waals surface area contributed by atoms with Crippen molar-refractivity contribution in [1.29, 1.82) is 0 Å². The van der Waals surface area contributed by atoms with Crippen LogP contribution in [0.4, 0.5) is 0 Å². The van der Waals surface area contributed by atoms with Gasteiger partial charge in [0.25, 0.3) is 0 Å². The van der Waals surface area contributed by atoms with Crippen LogP contribution in [0.25, 0.3) is 0 Å². The van der Waals surface area contributed by atoms with Crippen molar-refractivity contribution >= 4 is 6.29 Å². The molecule has 2 rings (SSSR count). The second-order valence-corrected chi connectivity index (χ2v) is 6.81. The molecule has 1 nitrogen and oxygen atoms in total. The molecular formula is C16H28O. The minimum atomic E-state index is 0.384. The number of hydrogen-bond acceptors (Lipinski definition) is 1. The summed E-state index contributed by atoms with van der Waals surface area (Å²) in [5.74, 6) is 4.17. The van der Waals surface area contributed by atoms with Gasteiger partial charge in [-0.15, -0.1) is 0 Å². The average molecular weight is 236 g/mol. The number of rotatable bonds is 3. The van der Waals surface area contributed by atoms with E-state index in [0.717, 1.165) is 36.5 Å². The maximum atomic E-state index is 10.7. The van der Waals surface area contributed by atoms with E-state index < -0.39 is 0 Å². The lowest BCUT2D eigenvalue weighted by molar-refractivity contribution is -0.112. The summed E-state index contributed by atoms with van der Waals surface area (Å²) in [6, 6.07) is 0. The number of carbonyl (C=O) groups excluding carboxylic acids is 1.